The predicted molar refractivity (Wildman–Crippen MR) is 34.8 cm³/mol. The number of para-hydroxylation sites is 2. The van der Waals surface area contributed by atoms with Crippen LogP contribution in [0.1, 0.15) is 0 Å². The van der Waals surface area contributed by atoms with Crippen LogP contribution in [0, 0.1) is 0 Å². The van der Waals surface area contributed by atoms with E-state index in [0.717, 1.165) is 0 Å². The molecule has 0 bridgehead atoms. The average Bonchev–Trinajstić information content (AvgIpc) is 1.93. The maximum Gasteiger partial charge on any atom is 0.555 e. The van der Waals surface area contributed by atoms with Crippen molar-refractivity contribution in [2.75, 3.05) is 0 Å². The normalized spacial score (nSPS) is 9.09. The molecule has 0 aliphatic rings. The summed E-state index contributed by atoms with van der Waals surface area (Å²) in [6, 6.07) is 5.73. The van der Waals surface area contributed by atoms with Gasteiger partial charge in [-0.25, -0.2) is 0 Å². The minimum atomic E-state index is -1.69. The summed E-state index contributed by atoms with van der Waals surface area (Å²) in [5, 5.41) is 18.8. The zero-order valence-corrected chi connectivity index (χ0v) is 5.48. The van der Waals surface area contributed by atoms with Crippen molar-refractivity contribution in [3.63, 3.8) is 0 Å². The Hall–Kier alpha value is -1.71. The van der Waals surface area contributed by atoms with Gasteiger partial charge in [0, 0.05) is 0 Å². The van der Waals surface area contributed by atoms with Gasteiger partial charge in [-0.15, -0.1) is 0 Å². The van der Waals surface area contributed by atoms with Gasteiger partial charge in [0.15, 0.2) is 11.5 Å². The molecule has 0 unspecified atom stereocenters. The molecule has 0 saturated carbocycles. The first-order chi connectivity index (χ1) is 5.20. The first kappa shape index (κ1) is 7.40. The summed E-state index contributed by atoms with van der Waals surface area (Å²) in [5.41, 5.74) is 0. The molecule has 0 spiro atoms. The van der Waals surface area contributed by atoms with Crippen molar-refractivity contribution in [1.82, 2.24) is 0 Å². The number of phenolic OH excluding ortho intramolecular Hbond substituents is 1. The van der Waals surface area contributed by atoms with Crippen molar-refractivity contribution in [1.29, 1.82) is 0 Å². The number of aromatic hydroxyl groups is 1. The molecule has 4 heteroatoms. The Morgan fingerprint density at radius 1 is 1.36 bits per heavy atom. The summed E-state index contributed by atoms with van der Waals surface area (Å²) in [4.78, 5) is 9.88. The number of phenols is 1. The lowest BCUT2D eigenvalue weighted by molar-refractivity contribution is 0.116. The zero-order valence-electron chi connectivity index (χ0n) is 5.48. The zero-order chi connectivity index (χ0) is 8.27. The maximum atomic E-state index is 9.88. The van der Waals surface area contributed by atoms with Gasteiger partial charge in [-0.1, -0.05) is 12.1 Å². The molecule has 0 amide bonds. The summed E-state index contributed by atoms with van der Waals surface area (Å²) in [6.07, 6.45) is -1.69. The second-order valence-electron chi connectivity index (χ2n) is 1.82. The third-order valence-electron chi connectivity index (χ3n) is 1.06. The molecule has 1 radical (unpaired) electrons. The Morgan fingerprint density at radius 2 is 2.00 bits per heavy atom. The van der Waals surface area contributed by atoms with Crippen molar-refractivity contribution in [2.45, 2.75) is 0 Å². The highest BCUT2D eigenvalue weighted by molar-refractivity contribution is 5.62. The highest BCUT2D eigenvalue weighted by Gasteiger charge is 2.05. The van der Waals surface area contributed by atoms with Crippen LogP contribution in [-0.4, -0.2) is 11.3 Å². The fraction of sp³-hybridized carbons (Fsp3) is 0. The van der Waals surface area contributed by atoms with Gasteiger partial charge < -0.3 is 9.84 Å². The smallest absolute Gasteiger partial charge is 0.504 e. The van der Waals surface area contributed by atoms with Crippen molar-refractivity contribution in [3.05, 3.63) is 24.3 Å². The van der Waals surface area contributed by atoms with Crippen LogP contribution in [0.15, 0.2) is 24.3 Å². The molecule has 0 fully saturated rings. The Bertz CT molecular complexity index is 269. The standard InChI is InChI=1S/C7H5O4/c8-5-3-1-2-4-6(5)11-7(9)10/h1-4,8H. The van der Waals surface area contributed by atoms with Gasteiger partial charge >= 0.3 is 6.16 Å². The van der Waals surface area contributed by atoms with Crippen LogP contribution < -0.4 is 4.74 Å². The lowest BCUT2D eigenvalue weighted by Crippen LogP contribution is -2.00. The number of hydrogen-bond donors (Lipinski definition) is 1. The molecule has 0 aliphatic carbocycles. The Balaban J connectivity index is 2.86. The van der Waals surface area contributed by atoms with Gasteiger partial charge in [0.2, 0.25) is 0 Å². The molecule has 0 saturated heterocycles. The summed E-state index contributed by atoms with van der Waals surface area (Å²) in [5.74, 6) is -0.343. The molecule has 57 valence electrons. The topological polar surface area (TPSA) is 66.4 Å². The van der Waals surface area contributed by atoms with Gasteiger partial charge in [0.1, 0.15) is 0 Å². The minimum absolute atomic E-state index is 0.118. The Labute approximate surface area is 62.7 Å². The largest absolute Gasteiger partial charge is 0.555 e. The number of benzene rings is 1. The van der Waals surface area contributed by atoms with E-state index in [1.165, 1.54) is 18.2 Å². The maximum absolute atomic E-state index is 9.88. The van der Waals surface area contributed by atoms with Crippen LogP contribution in [0.3, 0.4) is 0 Å². The average molecular weight is 153 g/mol. The molecule has 11 heavy (non-hydrogen) atoms. The van der Waals surface area contributed by atoms with Gasteiger partial charge in [-0.05, 0) is 12.1 Å². The van der Waals surface area contributed by atoms with Crippen LogP contribution >= 0.6 is 0 Å². The van der Waals surface area contributed by atoms with E-state index in [4.69, 9.17) is 5.11 Å². The molecule has 1 aromatic carbocycles. The van der Waals surface area contributed by atoms with Gasteiger partial charge in [0.05, 0.1) is 0 Å². The predicted octanol–water partition coefficient (Wildman–Crippen LogP) is 1.32. The van der Waals surface area contributed by atoms with Crippen molar-refractivity contribution < 1.29 is 19.7 Å². The van der Waals surface area contributed by atoms with E-state index in [-0.39, 0.29) is 11.5 Å². The number of rotatable bonds is 1. The van der Waals surface area contributed by atoms with Gasteiger partial charge in [-0.3, -0.25) is 0 Å². The van der Waals surface area contributed by atoms with E-state index >= 15 is 0 Å². The van der Waals surface area contributed by atoms with Crippen LogP contribution in [0.25, 0.3) is 0 Å². The van der Waals surface area contributed by atoms with E-state index in [1.54, 1.807) is 6.07 Å². The highest BCUT2D eigenvalue weighted by Crippen LogP contribution is 2.24. The van der Waals surface area contributed by atoms with Crippen LogP contribution in [0.5, 0.6) is 11.5 Å². The Morgan fingerprint density at radius 3 is 2.55 bits per heavy atom. The van der Waals surface area contributed by atoms with E-state index in [0.29, 0.717) is 0 Å². The third kappa shape index (κ3) is 1.86. The second kappa shape index (κ2) is 2.92. The summed E-state index contributed by atoms with van der Waals surface area (Å²) >= 11 is 0. The molecular formula is C7H5O4. The summed E-state index contributed by atoms with van der Waals surface area (Å²) in [7, 11) is 0. The minimum Gasteiger partial charge on any atom is -0.504 e. The molecule has 1 aromatic rings. The first-order valence-corrected chi connectivity index (χ1v) is 2.87. The van der Waals surface area contributed by atoms with E-state index in [2.05, 4.69) is 4.74 Å². The number of carbonyl (C=O) groups is 1. The first-order valence-electron chi connectivity index (χ1n) is 2.87. The molecule has 0 aliphatic heterocycles. The number of ether oxygens (including phenoxy) is 1. The van der Waals surface area contributed by atoms with Crippen molar-refractivity contribution >= 4 is 6.16 Å². The highest BCUT2D eigenvalue weighted by atomic mass is 16.7. The fourth-order valence-electron chi connectivity index (χ4n) is 0.633. The summed E-state index contributed by atoms with van der Waals surface area (Å²) < 4.78 is 4.10. The fourth-order valence-corrected chi connectivity index (χ4v) is 0.633. The molecule has 0 atom stereocenters. The van der Waals surface area contributed by atoms with E-state index < -0.39 is 6.16 Å². The monoisotopic (exact) mass is 153 g/mol. The quantitative estimate of drug-likeness (QED) is 0.488. The van der Waals surface area contributed by atoms with Crippen LogP contribution in [-0.2, 0) is 5.11 Å². The molecule has 1 N–H and O–H groups in total. The molecule has 4 nitrogen and oxygen atoms in total. The molecule has 1 rings (SSSR count). The van der Waals surface area contributed by atoms with E-state index in [1.807, 2.05) is 0 Å². The van der Waals surface area contributed by atoms with Gasteiger partial charge in [-0.2, -0.15) is 9.90 Å². The molecule has 0 heterocycles. The van der Waals surface area contributed by atoms with Crippen LogP contribution in [0.2, 0.25) is 0 Å². The third-order valence-corrected chi connectivity index (χ3v) is 1.06. The molecular weight excluding hydrogens is 148 g/mol. The summed E-state index contributed by atoms with van der Waals surface area (Å²) in [6.45, 7) is 0. The van der Waals surface area contributed by atoms with Crippen molar-refractivity contribution in [2.24, 2.45) is 0 Å². The number of hydrogen-bond acceptors (Lipinski definition) is 3. The lowest BCUT2D eigenvalue weighted by atomic mass is 10.3. The van der Waals surface area contributed by atoms with Gasteiger partial charge in [0.25, 0.3) is 0 Å². The van der Waals surface area contributed by atoms with E-state index in [9.17, 15) is 9.90 Å². The van der Waals surface area contributed by atoms with Crippen LogP contribution in [0.4, 0.5) is 4.79 Å². The lowest BCUT2D eigenvalue weighted by Gasteiger charge is -1.98. The van der Waals surface area contributed by atoms with Crippen molar-refractivity contribution in [3.8, 4) is 11.5 Å². The second-order valence-corrected chi connectivity index (χ2v) is 1.82. The number of carbonyl (C=O) groups excluding carboxylic acids is 1. The SMILES string of the molecule is [O]C(=O)Oc1ccccc1O. The Kier molecular flexibility index (Phi) is 1.96. The molecule has 0 aromatic heterocycles.